The van der Waals surface area contributed by atoms with Crippen LogP contribution in [0.15, 0.2) is 18.5 Å². The second kappa shape index (κ2) is 4.57. The summed E-state index contributed by atoms with van der Waals surface area (Å²) in [5.41, 5.74) is 1.06. The van der Waals surface area contributed by atoms with Crippen LogP contribution >= 0.6 is 0 Å². The normalized spacial score (nSPS) is 17.8. The van der Waals surface area contributed by atoms with E-state index < -0.39 is 0 Å². The number of H-pyrrole nitrogens is 1. The summed E-state index contributed by atoms with van der Waals surface area (Å²) in [6.45, 7) is 2.13. The van der Waals surface area contributed by atoms with Crippen molar-refractivity contribution in [2.75, 3.05) is 32.1 Å². The van der Waals surface area contributed by atoms with E-state index in [1.54, 1.807) is 6.20 Å². The van der Waals surface area contributed by atoms with Gasteiger partial charge in [-0.25, -0.2) is 0 Å². The molecule has 0 saturated carbocycles. The molecule has 0 bridgehead atoms. The fourth-order valence-electron chi connectivity index (χ4n) is 2.68. The molecule has 3 heterocycles. The minimum Gasteiger partial charge on any atom is -0.354 e. The lowest BCUT2D eigenvalue weighted by Gasteiger charge is -2.35. The van der Waals surface area contributed by atoms with Crippen molar-refractivity contribution in [3.8, 4) is 0 Å². The number of nitrogens with zero attached hydrogens (tertiary/aromatic N) is 4. The number of aromatic amines is 1. The van der Waals surface area contributed by atoms with Crippen LogP contribution in [-0.4, -0.2) is 53.3 Å². The first-order chi connectivity index (χ1) is 8.75. The van der Waals surface area contributed by atoms with Crippen LogP contribution < -0.4 is 4.90 Å². The largest absolute Gasteiger partial charge is 0.354 e. The van der Waals surface area contributed by atoms with E-state index in [0.717, 1.165) is 29.8 Å². The molecule has 1 saturated heterocycles. The zero-order valence-electron chi connectivity index (χ0n) is 10.9. The van der Waals surface area contributed by atoms with Gasteiger partial charge >= 0.3 is 0 Å². The van der Waals surface area contributed by atoms with Gasteiger partial charge in [-0.2, -0.15) is 5.10 Å². The van der Waals surface area contributed by atoms with Crippen molar-refractivity contribution in [2.45, 2.75) is 18.9 Å². The summed E-state index contributed by atoms with van der Waals surface area (Å²) in [5, 5.41) is 8.64. The Bertz CT molecular complexity index is 525. The monoisotopic (exact) mass is 245 g/mol. The molecule has 18 heavy (non-hydrogen) atoms. The van der Waals surface area contributed by atoms with E-state index in [9.17, 15) is 0 Å². The summed E-state index contributed by atoms with van der Waals surface area (Å²) in [5.74, 6) is 1.05. The Balaban J connectivity index is 1.80. The van der Waals surface area contributed by atoms with Crippen LogP contribution in [0.25, 0.3) is 10.9 Å². The van der Waals surface area contributed by atoms with E-state index in [0.29, 0.717) is 6.04 Å². The van der Waals surface area contributed by atoms with Crippen LogP contribution in [0, 0.1) is 0 Å². The lowest BCUT2D eigenvalue weighted by atomic mass is 10.0. The van der Waals surface area contributed by atoms with Crippen molar-refractivity contribution in [1.29, 1.82) is 0 Å². The van der Waals surface area contributed by atoms with Gasteiger partial charge in [0.05, 0.1) is 10.9 Å². The first-order valence-corrected chi connectivity index (χ1v) is 6.45. The summed E-state index contributed by atoms with van der Waals surface area (Å²) in [7, 11) is 4.32. The van der Waals surface area contributed by atoms with Gasteiger partial charge in [0.1, 0.15) is 0 Å². The van der Waals surface area contributed by atoms with Crippen molar-refractivity contribution in [3.63, 3.8) is 0 Å². The number of aromatic nitrogens is 3. The Morgan fingerprint density at radius 1 is 1.33 bits per heavy atom. The molecule has 0 radical (unpaired) electrons. The molecule has 0 spiro atoms. The number of nitrogens with one attached hydrogen (secondary N) is 1. The minimum atomic E-state index is 0.699. The molecule has 0 unspecified atom stereocenters. The van der Waals surface area contributed by atoms with Crippen LogP contribution in [-0.2, 0) is 0 Å². The predicted octanol–water partition coefficient (Wildman–Crippen LogP) is 1.49. The number of hydrogen-bond acceptors (Lipinski definition) is 4. The number of piperidine rings is 1. The fraction of sp³-hybridized carbons (Fsp3) is 0.538. The van der Waals surface area contributed by atoms with E-state index in [2.05, 4.69) is 39.1 Å². The van der Waals surface area contributed by atoms with Crippen molar-refractivity contribution in [1.82, 2.24) is 20.1 Å². The third kappa shape index (κ3) is 1.95. The van der Waals surface area contributed by atoms with E-state index in [1.165, 1.54) is 12.8 Å². The van der Waals surface area contributed by atoms with E-state index in [1.807, 2.05) is 12.3 Å². The number of anilines is 1. The summed E-state index contributed by atoms with van der Waals surface area (Å²) in [6.07, 6.45) is 6.08. The van der Waals surface area contributed by atoms with Gasteiger partial charge in [-0.1, -0.05) is 0 Å². The molecule has 2 aromatic rings. The van der Waals surface area contributed by atoms with E-state index >= 15 is 0 Å². The average Bonchev–Trinajstić information content (AvgIpc) is 2.82. The first kappa shape index (κ1) is 11.5. The molecule has 5 nitrogen and oxygen atoms in total. The van der Waals surface area contributed by atoms with Crippen LogP contribution in [0.5, 0.6) is 0 Å². The number of pyridine rings is 1. The van der Waals surface area contributed by atoms with Gasteiger partial charge in [0.15, 0.2) is 5.82 Å². The second-order valence-electron chi connectivity index (χ2n) is 5.15. The number of rotatable bonds is 2. The predicted molar refractivity (Wildman–Crippen MR) is 72.8 cm³/mol. The van der Waals surface area contributed by atoms with Crippen molar-refractivity contribution in [2.24, 2.45) is 0 Å². The number of fused-ring (bicyclic) bond motifs is 1. The quantitative estimate of drug-likeness (QED) is 0.871. The molecule has 1 N–H and O–H groups in total. The van der Waals surface area contributed by atoms with Crippen LogP contribution in [0.3, 0.4) is 0 Å². The molecule has 1 aliphatic heterocycles. The lowest BCUT2D eigenvalue weighted by Crippen LogP contribution is -2.42. The van der Waals surface area contributed by atoms with Crippen molar-refractivity contribution in [3.05, 3.63) is 18.5 Å². The summed E-state index contributed by atoms with van der Waals surface area (Å²) >= 11 is 0. The molecule has 0 atom stereocenters. The highest BCUT2D eigenvalue weighted by Crippen LogP contribution is 2.26. The zero-order valence-corrected chi connectivity index (χ0v) is 10.9. The molecule has 1 fully saturated rings. The van der Waals surface area contributed by atoms with Crippen molar-refractivity contribution >= 4 is 16.7 Å². The average molecular weight is 245 g/mol. The molecule has 2 aromatic heterocycles. The zero-order chi connectivity index (χ0) is 12.5. The van der Waals surface area contributed by atoms with Crippen LogP contribution in [0.4, 0.5) is 5.82 Å². The fourth-order valence-corrected chi connectivity index (χ4v) is 2.68. The minimum absolute atomic E-state index is 0.699. The molecule has 0 aromatic carbocycles. The Labute approximate surface area is 107 Å². The van der Waals surface area contributed by atoms with Crippen molar-refractivity contribution < 1.29 is 0 Å². The van der Waals surface area contributed by atoms with Gasteiger partial charge in [-0.05, 0) is 33.0 Å². The smallest absolute Gasteiger partial charge is 0.159 e. The van der Waals surface area contributed by atoms with E-state index in [4.69, 9.17) is 0 Å². The lowest BCUT2D eigenvalue weighted by molar-refractivity contribution is 0.249. The molecule has 0 aliphatic carbocycles. The second-order valence-corrected chi connectivity index (χ2v) is 5.15. The maximum Gasteiger partial charge on any atom is 0.159 e. The Hall–Kier alpha value is -1.62. The summed E-state index contributed by atoms with van der Waals surface area (Å²) < 4.78 is 0. The molecule has 5 heteroatoms. The molecule has 3 rings (SSSR count). The molecular formula is C13H19N5. The van der Waals surface area contributed by atoms with Gasteiger partial charge in [0.25, 0.3) is 0 Å². The Kier molecular flexibility index (Phi) is 2.91. The van der Waals surface area contributed by atoms with Crippen LogP contribution in [0.1, 0.15) is 12.8 Å². The van der Waals surface area contributed by atoms with Gasteiger partial charge in [0, 0.05) is 31.5 Å². The Morgan fingerprint density at radius 2 is 2.11 bits per heavy atom. The summed E-state index contributed by atoms with van der Waals surface area (Å²) in [4.78, 5) is 8.87. The topological polar surface area (TPSA) is 48.0 Å². The standard InChI is InChI=1S/C13H19N5/c1-17(2)10-4-7-18(8-5-10)13-11-9-14-6-3-12(11)15-16-13/h3,6,9-10H,4-5,7-8H2,1-2H3,(H,15,16). The third-order valence-electron chi connectivity index (χ3n) is 3.84. The first-order valence-electron chi connectivity index (χ1n) is 6.45. The highest BCUT2D eigenvalue weighted by atomic mass is 15.3. The van der Waals surface area contributed by atoms with Gasteiger partial charge in [-0.3, -0.25) is 10.1 Å². The Morgan fingerprint density at radius 3 is 2.83 bits per heavy atom. The maximum absolute atomic E-state index is 4.44. The van der Waals surface area contributed by atoms with Gasteiger partial charge < -0.3 is 9.80 Å². The maximum atomic E-state index is 4.44. The third-order valence-corrected chi connectivity index (χ3v) is 3.84. The molecule has 0 amide bonds. The van der Waals surface area contributed by atoms with Crippen LogP contribution in [0.2, 0.25) is 0 Å². The highest BCUT2D eigenvalue weighted by Gasteiger charge is 2.23. The van der Waals surface area contributed by atoms with E-state index in [-0.39, 0.29) is 0 Å². The SMILES string of the molecule is CN(C)C1CCN(c2n[nH]c3ccncc23)CC1. The van der Waals surface area contributed by atoms with Gasteiger partial charge in [-0.15, -0.1) is 0 Å². The molecular weight excluding hydrogens is 226 g/mol. The summed E-state index contributed by atoms with van der Waals surface area (Å²) in [6, 6.07) is 2.67. The highest BCUT2D eigenvalue weighted by molar-refractivity contribution is 5.89. The molecule has 1 aliphatic rings. The molecule has 96 valence electrons. The number of hydrogen-bond donors (Lipinski definition) is 1. The van der Waals surface area contributed by atoms with Gasteiger partial charge in [0.2, 0.25) is 0 Å².